The first-order valence-corrected chi connectivity index (χ1v) is 7.83. The van der Waals surface area contributed by atoms with Crippen LogP contribution in [-0.4, -0.2) is 11.8 Å². The molecule has 0 atom stereocenters. The maximum atomic E-state index is 13.0. The van der Waals surface area contributed by atoms with Gasteiger partial charge in [-0.25, -0.2) is 4.90 Å². The van der Waals surface area contributed by atoms with Crippen LogP contribution in [-0.2, 0) is 16.1 Å². The third-order valence-corrected chi connectivity index (χ3v) is 4.91. The van der Waals surface area contributed by atoms with Gasteiger partial charge in [-0.3, -0.25) is 9.59 Å². The van der Waals surface area contributed by atoms with Crippen LogP contribution < -0.4 is 10.6 Å². The molecule has 3 rings (SSSR count). The van der Waals surface area contributed by atoms with Crippen LogP contribution in [0.25, 0.3) is 0 Å². The first-order chi connectivity index (χ1) is 10.2. The first kappa shape index (κ1) is 14.3. The number of anilines is 1. The number of nitrogens with zero attached hydrogens (tertiary/aromatic N) is 1. The summed E-state index contributed by atoms with van der Waals surface area (Å²) in [5.74, 6) is -0.0712. The van der Waals surface area contributed by atoms with Crippen LogP contribution in [0.2, 0.25) is 0 Å². The summed E-state index contributed by atoms with van der Waals surface area (Å²) in [6, 6.07) is 7.45. The van der Waals surface area contributed by atoms with Crippen molar-refractivity contribution in [1.29, 1.82) is 0 Å². The largest absolute Gasteiger partial charge is 0.326 e. The zero-order valence-electron chi connectivity index (χ0n) is 12.3. The van der Waals surface area contributed by atoms with E-state index >= 15 is 0 Å². The molecule has 1 aliphatic heterocycles. The lowest BCUT2D eigenvalue weighted by atomic mass is 9.79. The smallest absolute Gasteiger partial charge is 0.240 e. The Bertz CT molecular complexity index is 560. The molecule has 0 bridgehead atoms. The topological polar surface area (TPSA) is 63.4 Å². The van der Waals surface area contributed by atoms with E-state index in [0.717, 1.165) is 31.2 Å². The third kappa shape index (κ3) is 2.38. The van der Waals surface area contributed by atoms with Crippen LogP contribution >= 0.6 is 0 Å². The molecule has 2 N–H and O–H groups in total. The summed E-state index contributed by atoms with van der Waals surface area (Å²) in [6.07, 6.45) is 6.49. The maximum Gasteiger partial charge on any atom is 0.240 e. The molecule has 2 fully saturated rings. The van der Waals surface area contributed by atoms with Gasteiger partial charge < -0.3 is 5.73 Å². The number of rotatable bonds is 2. The van der Waals surface area contributed by atoms with Crippen LogP contribution in [0.3, 0.4) is 0 Å². The highest BCUT2D eigenvalue weighted by atomic mass is 16.2. The molecule has 4 nitrogen and oxygen atoms in total. The van der Waals surface area contributed by atoms with Gasteiger partial charge in [0.15, 0.2) is 0 Å². The van der Waals surface area contributed by atoms with Crippen LogP contribution in [0.15, 0.2) is 24.3 Å². The molecular weight excluding hydrogens is 264 g/mol. The van der Waals surface area contributed by atoms with E-state index in [9.17, 15) is 9.59 Å². The molecule has 1 aromatic carbocycles. The van der Waals surface area contributed by atoms with E-state index in [-0.39, 0.29) is 11.8 Å². The van der Waals surface area contributed by atoms with Gasteiger partial charge in [-0.1, -0.05) is 43.9 Å². The second-order valence-corrected chi connectivity index (χ2v) is 6.24. The van der Waals surface area contributed by atoms with E-state index in [0.29, 0.717) is 18.7 Å². The van der Waals surface area contributed by atoms with Crippen molar-refractivity contribution in [2.24, 2.45) is 11.1 Å². The monoisotopic (exact) mass is 286 g/mol. The fourth-order valence-electron chi connectivity index (χ4n) is 3.74. The Kier molecular flexibility index (Phi) is 3.81. The van der Waals surface area contributed by atoms with Gasteiger partial charge in [-0.05, 0) is 24.5 Å². The molecular formula is C17H22N2O2. The first-order valence-electron chi connectivity index (χ1n) is 7.83. The summed E-state index contributed by atoms with van der Waals surface area (Å²) in [7, 11) is 0. The average Bonchev–Trinajstić information content (AvgIpc) is 2.66. The molecule has 2 amide bonds. The van der Waals surface area contributed by atoms with E-state index in [1.807, 2.05) is 24.3 Å². The number of para-hydroxylation sites is 1. The zero-order chi connectivity index (χ0) is 14.9. The molecule has 0 unspecified atom stereocenters. The van der Waals surface area contributed by atoms with Gasteiger partial charge in [-0.2, -0.15) is 0 Å². The van der Waals surface area contributed by atoms with Crippen LogP contribution in [0.1, 0.15) is 50.5 Å². The molecule has 2 aliphatic rings. The van der Waals surface area contributed by atoms with Crippen molar-refractivity contribution >= 4 is 17.5 Å². The molecule has 112 valence electrons. The minimum atomic E-state index is -0.449. The molecule has 1 heterocycles. The highest BCUT2D eigenvalue weighted by Gasteiger charge is 2.51. The Balaban J connectivity index is 1.97. The van der Waals surface area contributed by atoms with Crippen molar-refractivity contribution in [3.8, 4) is 0 Å². The summed E-state index contributed by atoms with van der Waals surface area (Å²) in [5.41, 5.74) is 6.83. The van der Waals surface area contributed by atoms with Crippen LogP contribution in [0.5, 0.6) is 0 Å². The molecule has 4 heteroatoms. The molecule has 1 saturated heterocycles. The number of carbonyl (C=O) groups excluding carboxylic acids is 2. The van der Waals surface area contributed by atoms with Crippen LogP contribution in [0.4, 0.5) is 5.69 Å². The van der Waals surface area contributed by atoms with Gasteiger partial charge in [0, 0.05) is 13.0 Å². The Morgan fingerprint density at radius 2 is 1.71 bits per heavy atom. The highest BCUT2D eigenvalue weighted by Crippen LogP contribution is 2.46. The van der Waals surface area contributed by atoms with Crippen molar-refractivity contribution in [3.05, 3.63) is 29.8 Å². The lowest BCUT2D eigenvalue weighted by molar-refractivity contribution is -0.126. The molecule has 1 spiro atoms. The Hall–Kier alpha value is -1.68. The predicted octanol–water partition coefficient (Wildman–Crippen LogP) is 2.75. The Labute approximate surface area is 125 Å². The van der Waals surface area contributed by atoms with Crippen molar-refractivity contribution in [3.63, 3.8) is 0 Å². The normalized spacial score (nSPS) is 21.9. The molecule has 21 heavy (non-hydrogen) atoms. The second-order valence-electron chi connectivity index (χ2n) is 6.24. The van der Waals surface area contributed by atoms with Crippen molar-refractivity contribution in [2.75, 3.05) is 4.90 Å². The molecule has 1 aliphatic carbocycles. The minimum Gasteiger partial charge on any atom is -0.326 e. The van der Waals surface area contributed by atoms with Gasteiger partial charge in [0.1, 0.15) is 0 Å². The summed E-state index contributed by atoms with van der Waals surface area (Å²) in [5, 5.41) is 0. The predicted molar refractivity (Wildman–Crippen MR) is 81.6 cm³/mol. The number of amides is 2. The van der Waals surface area contributed by atoms with Gasteiger partial charge in [0.05, 0.1) is 11.1 Å². The van der Waals surface area contributed by atoms with Crippen molar-refractivity contribution < 1.29 is 9.59 Å². The number of hydrogen-bond donors (Lipinski definition) is 1. The summed E-state index contributed by atoms with van der Waals surface area (Å²) < 4.78 is 0. The zero-order valence-corrected chi connectivity index (χ0v) is 12.3. The SMILES string of the molecule is NCc1ccccc1N1C(=O)CC2(CCCCCC2)C1=O. The number of benzene rings is 1. The van der Waals surface area contributed by atoms with Gasteiger partial charge >= 0.3 is 0 Å². The summed E-state index contributed by atoms with van der Waals surface area (Å²) in [6.45, 7) is 0.334. The lowest BCUT2D eigenvalue weighted by Gasteiger charge is -2.25. The molecule has 0 aromatic heterocycles. The Morgan fingerprint density at radius 3 is 2.38 bits per heavy atom. The van der Waals surface area contributed by atoms with E-state index in [1.54, 1.807) is 0 Å². The minimum absolute atomic E-state index is 0.00435. The standard InChI is InChI=1S/C17H22N2O2/c18-12-13-7-3-4-8-14(13)19-15(20)11-17(16(19)21)9-5-1-2-6-10-17/h3-4,7-8H,1-2,5-6,9-12,18H2. The van der Waals surface area contributed by atoms with Gasteiger partial charge in [-0.15, -0.1) is 0 Å². The number of nitrogens with two attached hydrogens (primary N) is 1. The van der Waals surface area contributed by atoms with Gasteiger partial charge in [0.25, 0.3) is 0 Å². The van der Waals surface area contributed by atoms with E-state index in [2.05, 4.69) is 0 Å². The number of imide groups is 1. The van der Waals surface area contributed by atoms with Crippen molar-refractivity contribution in [2.45, 2.75) is 51.5 Å². The van der Waals surface area contributed by atoms with E-state index in [4.69, 9.17) is 5.73 Å². The van der Waals surface area contributed by atoms with Gasteiger partial charge in [0.2, 0.25) is 11.8 Å². The Morgan fingerprint density at radius 1 is 1.05 bits per heavy atom. The van der Waals surface area contributed by atoms with Crippen LogP contribution in [0, 0.1) is 5.41 Å². The average molecular weight is 286 g/mol. The van der Waals surface area contributed by atoms with E-state index < -0.39 is 5.41 Å². The number of hydrogen-bond acceptors (Lipinski definition) is 3. The number of carbonyl (C=O) groups is 2. The molecule has 1 aromatic rings. The lowest BCUT2D eigenvalue weighted by Crippen LogP contribution is -2.36. The fraction of sp³-hybridized carbons (Fsp3) is 0.529. The fourth-order valence-corrected chi connectivity index (χ4v) is 3.74. The van der Waals surface area contributed by atoms with Crippen molar-refractivity contribution in [1.82, 2.24) is 0 Å². The summed E-state index contributed by atoms with van der Waals surface area (Å²) in [4.78, 5) is 26.9. The quantitative estimate of drug-likeness (QED) is 0.850. The molecule has 1 saturated carbocycles. The molecule has 0 radical (unpaired) electrons. The third-order valence-electron chi connectivity index (χ3n) is 4.91. The highest BCUT2D eigenvalue weighted by molar-refractivity contribution is 6.22. The van der Waals surface area contributed by atoms with E-state index in [1.165, 1.54) is 17.7 Å². The second kappa shape index (κ2) is 5.60. The summed E-state index contributed by atoms with van der Waals surface area (Å²) >= 11 is 0. The maximum absolute atomic E-state index is 13.0.